The monoisotopic (exact) mass is 257 g/mol. The summed E-state index contributed by atoms with van der Waals surface area (Å²) in [5.41, 5.74) is 0. The molecule has 3 nitrogen and oxygen atoms in total. The molecule has 1 amide bonds. The molecule has 0 spiro atoms. The standard InChI is InChI=1S/C10H12BrNO2/c1-8(13)12-5-6-14-10-4-2-3-9(11)7-10/h2-4,7H,5-6H2,1H3,(H,12,13). The molecule has 0 radical (unpaired) electrons. The Kier molecular flexibility index (Phi) is 4.46. The highest BCUT2D eigenvalue weighted by Gasteiger charge is 1.94. The highest BCUT2D eigenvalue weighted by Crippen LogP contribution is 2.17. The number of rotatable bonds is 4. The highest BCUT2D eigenvalue weighted by atomic mass is 79.9. The van der Waals surface area contributed by atoms with Crippen molar-refractivity contribution in [2.75, 3.05) is 13.2 Å². The molecule has 0 unspecified atom stereocenters. The van der Waals surface area contributed by atoms with Crippen LogP contribution in [0, 0.1) is 0 Å². The van der Waals surface area contributed by atoms with Gasteiger partial charge in [0.05, 0.1) is 6.54 Å². The van der Waals surface area contributed by atoms with Gasteiger partial charge < -0.3 is 10.1 Å². The molecule has 1 N–H and O–H groups in total. The Balaban J connectivity index is 2.28. The van der Waals surface area contributed by atoms with Gasteiger partial charge in [-0.25, -0.2) is 0 Å². The third-order valence-electron chi connectivity index (χ3n) is 1.54. The molecule has 0 aromatic heterocycles. The maximum Gasteiger partial charge on any atom is 0.216 e. The average molecular weight is 258 g/mol. The summed E-state index contributed by atoms with van der Waals surface area (Å²) in [6, 6.07) is 7.59. The van der Waals surface area contributed by atoms with Gasteiger partial charge in [-0.15, -0.1) is 0 Å². The van der Waals surface area contributed by atoms with Gasteiger partial charge in [-0.2, -0.15) is 0 Å². The van der Waals surface area contributed by atoms with Gasteiger partial charge in [0, 0.05) is 11.4 Å². The van der Waals surface area contributed by atoms with Crippen LogP contribution in [0.3, 0.4) is 0 Å². The van der Waals surface area contributed by atoms with E-state index >= 15 is 0 Å². The summed E-state index contributed by atoms with van der Waals surface area (Å²) >= 11 is 3.34. The molecule has 0 bridgehead atoms. The second-order valence-corrected chi connectivity index (χ2v) is 3.70. The van der Waals surface area contributed by atoms with E-state index in [4.69, 9.17) is 4.74 Å². The van der Waals surface area contributed by atoms with Crippen molar-refractivity contribution in [3.63, 3.8) is 0 Å². The van der Waals surface area contributed by atoms with Gasteiger partial charge in [0.2, 0.25) is 5.91 Å². The van der Waals surface area contributed by atoms with E-state index in [-0.39, 0.29) is 5.91 Å². The van der Waals surface area contributed by atoms with Crippen molar-refractivity contribution in [1.82, 2.24) is 5.32 Å². The van der Waals surface area contributed by atoms with Crippen LogP contribution >= 0.6 is 15.9 Å². The molecule has 1 aromatic carbocycles. The van der Waals surface area contributed by atoms with Crippen LogP contribution in [0.1, 0.15) is 6.92 Å². The molecule has 0 atom stereocenters. The predicted octanol–water partition coefficient (Wildman–Crippen LogP) is 1.96. The third-order valence-corrected chi connectivity index (χ3v) is 2.03. The molecule has 1 aromatic rings. The molecule has 14 heavy (non-hydrogen) atoms. The molecule has 0 heterocycles. The van der Waals surface area contributed by atoms with Crippen LogP contribution in [0.5, 0.6) is 5.75 Å². The topological polar surface area (TPSA) is 38.3 Å². The van der Waals surface area contributed by atoms with Gasteiger partial charge in [0.15, 0.2) is 0 Å². The van der Waals surface area contributed by atoms with E-state index in [1.165, 1.54) is 6.92 Å². The van der Waals surface area contributed by atoms with Gasteiger partial charge in [-0.1, -0.05) is 22.0 Å². The Morgan fingerprint density at radius 3 is 3.00 bits per heavy atom. The summed E-state index contributed by atoms with van der Waals surface area (Å²) in [4.78, 5) is 10.5. The molecule has 0 saturated carbocycles. The molecule has 0 fully saturated rings. The second-order valence-electron chi connectivity index (χ2n) is 2.79. The van der Waals surface area contributed by atoms with Crippen molar-refractivity contribution in [1.29, 1.82) is 0 Å². The Bertz CT molecular complexity index is 315. The molecular weight excluding hydrogens is 246 g/mol. The van der Waals surface area contributed by atoms with E-state index in [0.29, 0.717) is 13.2 Å². The fourth-order valence-electron chi connectivity index (χ4n) is 0.953. The minimum atomic E-state index is -0.0390. The van der Waals surface area contributed by atoms with Crippen molar-refractivity contribution < 1.29 is 9.53 Å². The molecule has 1 rings (SSSR count). The summed E-state index contributed by atoms with van der Waals surface area (Å²) in [7, 11) is 0. The molecular formula is C10H12BrNO2. The first-order chi connectivity index (χ1) is 6.68. The lowest BCUT2D eigenvalue weighted by molar-refractivity contribution is -0.119. The van der Waals surface area contributed by atoms with Crippen LogP contribution in [-0.2, 0) is 4.79 Å². The number of hydrogen-bond donors (Lipinski definition) is 1. The molecule has 0 aliphatic heterocycles. The SMILES string of the molecule is CC(=O)NCCOc1cccc(Br)c1. The first kappa shape index (κ1) is 11.0. The van der Waals surface area contributed by atoms with E-state index in [1.54, 1.807) is 0 Å². The summed E-state index contributed by atoms with van der Waals surface area (Å²) in [6.07, 6.45) is 0. The Morgan fingerprint density at radius 2 is 2.36 bits per heavy atom. The molecule has 76 valence electrons. The number of hydrogen-bond acceptors (Lipinski definition) is 2. The maximum atomic E-state index is 10.5. The van der Waals surface area contributed by atoms with E-state index in [0.717, 1.165) is 10.2 Å². The number of carbonyl (C=O) groups is 1. The van der Waals surface area contributed by atoms with E-state index in [1.807, 2.05) is 24.3 Å². The number of carbonyl (C=O) groups excluding carboxylic acids is 1. The van der Waals surface area contributed by atoms with Gasteiger partial charge >= 0.3 is 0 Å². The number of amides is 1. The normalized spacial score (nSPS) is 9.57. The lowest BCUT2D eigenvalue weighted by atomic mass is 10.3. The fraction of sp³-hybridized carbons (Fsp3) is 0.300. The molecule has 0 aliphatic carbocycles. The second kappa shape index (κ2) is 5.65. The Hall–Kier alpha value is -1.03. The minimum absolute atomic E-state index is 0.0390. The van der Waals surface area contributed by atoms with Gasteiger partial charge in [0.25, 0.3) is 0 Å². The van der Waals surface area contributed by atoms with Crippen molar-refractivity contribution in [3.8, 4) is 5.75 Å². The smallest absolute Gasteiger partial charge is 0.216 e. The third kappa shape index (κ3) is 4.28. The Labute approximate surface area is 91.6 Å². The predicted molar refractivity (Wildman–Crippen MR) is 58.3 cm³/mol. The van der Waals surface area contributed by atoms with E-state index in [2.05, 4.69) is 21.2 Å². The maximum absolute atomic E-state index is 10.5. The summed E-state index contributed by atoms with van der Waals surface area (Å²) in [5, 5.41) is 2.65. The van der Waals surface area contributed by atoms with Crippen molar-refractivity contribution in [2.24, 2.45) is 0 Å². The summed E-state index contributed by atoms with van der Waals surface area (Å²) in [5.74, 6) is 0.757. The number of halogens is 1. The van der Waals surface area contributed by atoms with Crippen molar-refractivity contribution in [3.05, 3.63) is 28.7 Å². The zero-order chi connectivity index (χ0) is 10.4. The number of benzene rings is 1. The molecule has 4 heteroatoms. The quantitative estimate of drug-likeness (QED) is 0.838. The zero-order valence-electron chi connectivity index (χ0n) is 7.92. The molecule has 0 saturated heterocycles. The van der Waals surface area contributed by atoms with Gasteiger partial charge in [-0.3, -0.25) is 4.79 Å². The zero-order valence-corrected chi connectivity index (χ0v) is 9.50. The van der Waals surface area contributed by atoms with E-state index < -0.39 is 0 Å². The highest BCUT2D eigenvalue weighted by molar-refractivity contribution is 9.10. The fourth-order valence-corrected chi connectivity index (χ4v) is 1.33. The molecule has 0 aliphatic rings. The van der Waals surface area contributed by atoms with Crippen molar-refractivity contribution >= 4 is 21.8 Å². The first-order valence-electron chi connectivity index (χ1n) is 4.31. The van der Waals surface area contributed by atoms with Crippen LogP contribution in [0.4, 0.5) is 0 Å². The van der Waals surface area contributed by atoms with Gasteiger partial charge in [-0.05, 0) is 18.2 Å². The number of nitrogens with one attached hydrogen (secondary N) is 1. The lowest BCUT2D eigenvalue weighted by Gasteiger charge is -2.06. The van der Waals surface area contributed by atoms with Crippen LogP contribution in [0.25, 0.3) is 0 Å². The summed E-state index contributed by atoms with van der Waals surface area (Å²) < 4.78 is 6.37. The number of ether oxygens (including phenoxy) is 1. The van der Waals surface area contributed by atoms with Crippen molar-refractivity contribution in [2.45, 2.75) is 6.92 Å². The van der Waals surface area contributed by atoms with Crippen LogP contribution in [-0.4, -0.2) is 19.1 Å². The summed E-state index contributed by atoms with van der Waals surface area (Å²) in [6.45, 7) is 2.50. The average Bonchev–Trinajstić information content (AvgIpc) is 2.12. The van der Waals surface area contributed by atoms with E-state index in [9.17, 15) is 4.79 Å². The van der Waals surface area contributed by atoms with Gasteiger partial charge in [0.1, 0.15) is 12.4 Å². The first-order valence-corrected chi connectivity index (χ1v) is 5.10. The Morgan fingerprint density at radius 1 is 1.57 bits per heavy atom. The van der Waals surface area contributed by atoms with Crippen LogP contribution in [0.2, 0.25) is 0 Å². The minimum Gasteiger partial charge on any atom is -0.492 e. The van der Waals surface area contributed by atoms with Crippen LogP contribution in [0.15, 0.2) is 28.7 Å². The lowest BCUT2D eigenvalue weighted by Crippen LogP contribution is -2.25. The van der Waals surface area contributed by atoms with Crippen LogP contribution < -0.4 is 10.1 Å². The largest absolute Gasteiger partial charge is 0.492 e.